The van der Waals surface area contributed by atoms with E-state index in [2.05, 4.69) is 5.43 Å². The summed E-state index contributed by atoms with van der Waals surface area (Å²) in [5.41, 5.74) is 3.05. The van der Waals surface area contributed by atoms with Gasteiger partial charge in [-0.05, 0) is 37.0 Å². The van der Waals surface area contributed by atoms with Crippen LogP contribution in [0.2, 0.25) is 0 Å². The number of fused-ring (bicyclic) bond motifs is 1. The molecule has 0 aromatic rings. The third-order valence-electron chi connectivity index (χ3n) is 4.55. The summed E-state index contributed by atoms with van der Waals surface area (Å²) in [7, 11) is 0. The highest BCUT2D eigenvalue weighted by Gasteiger charge is 2.57. The fourth-order valence-electron chi connectivity index (χ4n) is 3.81. The molecule has 3 N–H and O–H groups in total. The summed E-state index contributed by atoms with van der Waals surface area (Å²) < 4.78 is 5.44. The molecular formula is C11H20N2O. The summed E-state index contributed by atoms with van der Waals surface area (Å²) in [5, 5.41) is 0. The number of hydrogen-bond acceptors (Lipinski definition) is 3. The number of nitrogens with one attached hydrogen (secondary N) is 1. The van der Waals surface area contributed by atoms with Crippen molar-refractivity contribution >= 4 is 0 Å². The van der Waals surface area contributed by atoms with Crippen LogP contribution in [0, 0.1) is 23.7 Å². The Balaban J connectivity index is 1.63. The molecule has 2 saturated carbocycles. The van der Waals surface area contributed by atoms with E-state index in [4.69, 9.17) is 10.6 Å². The van der Waals surface area contributed by atoms with E-state index in [1.54, 1.807) is 0 Å². The number of hydrazine groups is 1. The Hall–Kier alpha value is -0.120. The van der Waals surface area contributed by atoms with Crippen LogP contribution in [-0.2, 0) is 4.74 Å². The first-order chi connectivity index (χ1) is 6.92. The fraction of sp³-hybridized carbons (Fsp3) is 1.00. The molecule has 3 fully saturated rings. The van der Waals surface area contributed by atoms with Crippen molar-refractivity contribution in [1.29, 1.82) is 0 Å². The van der Waals surface area contributed by atoms with Crippen LogP contribution in [0.5, 0.6) is 0 Å². The maximum atomic E-state index is 5.69. The van der Waals surface area contributed by atoms with Crippen LogP contribution in [0.25, 0.3) is 0 Å². The molecule has 14 heavy (non-hydrogen) atoms. The van der Waals surface area contributed by atoms with Crippen LogP contribution in [-0.4, -0.2) is 19.3 Å². The Bertz CT molecular complexity index is 205. The topological polar surface area (TPSA) is 47.3 Å². The number of rotatable bonds is 3. The zero-order valence-corrected chi connectivity index (χ0v) is 8.61. The van der Waals surface area contributed by atoms with Crippen molar-refractivity contribution in [2.45, 2.75) is 31.7 Å². The molecule has 0 spiro atoms. The van der Waals surface area contributed by atoms with Crippen molar-refractivity contribution in [3.63, 3.8) is 0 Å². The van der Waals surface area contributed by atoms with Gasteiger partial charge in [0.15, 0.2) is 0 Å². The summed E-state index contributed by atoms with van der Waals surface area (Å²) in [4.78, 5) is 0. The fourth-order valence-corrected chi connectivity index (χ4v) is 3.81. The third-order valence-corrected chi connectivity index (χ3v) is 4.55. The normalized spacial score (nSPS) is 47.8. The summed E-state index contributed by atoms with van der Waals surface area (Å²) in [6, 6.07) is 0.535. The van der Waals surface area contributed by atoms with Gasteiger partial charge in [-0.15, -0.1) is 0 Å². The second-order valence-corrected chi connectivity index (χ2v) is 5.15. The van der Waals surface area contributed by atoms with Gasteiger partial charge in [0.2, 0.25) is 0 Å². The maximum Gasteiger partial charge on any atom is 0.0510 e. The molecule has 0 radical (unpaired) electrons. The van der Waals surface area contributed by atoms with Gasteiger partial charge in [0.25, 0.3) is 0 Å². The van der Waals surface area contributed by atoms with Gasteiger partial charge in [-0.25, -0.2) is 0 Å². The monoisotopic (exact) mass is 196 g/mol. The number of hydrogen-bond donors (Lipinski definition) is 2. The number of ether oxygens (including phenoxy) is 1. The predicted octanol–water partition coefficient (Wildman–Crippen LogP) is 0.901. The smallest absolute Gasteiger partial charge is 0.0510 e. The molecule has 1 heterocycles. The van der Waals surface area contributed by atoms with Crippen molar-refractivity contribution in [3.8, 4) is 0 Å². The molecule has 0 bridgehead atoms. The average molecular weight is 196 g/mol. The maximum absolute atomic E-state index is 5.69. The van der Waals surface area contributed by atoms with E-state index in [-0.39, 0.29) is 0 Å². The molecule has 1 aliphatic heterocycles. The van der Waals surface area contributed by atoms with Crippen LogP contribution >= 0.6 is 0 Å². The van der Waals surface area contributed by atoms with Crippen molar-refractivity contribution in [1.82, 2.24) is 5.43 Å². The van der Waals surface area contributed by atoms with E-state index < -0.39 is 0 Å². The SMILES string of the molecule is NNC(C1CCOC1)C1C2CCCC21. The Morgan fingerprint density at radius 1 is 1.21 bits per heavy atom. The van der Waals surface area contributed by atoms with E-state index in [0.29, 0.717) is 12.0 Å². The Morgan fingerprint density at radius 3 is 2.57 bits per heavy atom. The first-order valence-corrected chi connectivity index (χ1v) is 5.95. The van der Waals surface area contributed by atoms with Gasteiger partial charge in [0.1, 0.15) is 0 Å². The van der Waals surface area contributed by atoms with Gasteiger partial charge < -0.3 is 4.74 Å². The van der Waals surface area contributed by atoms with Crippen LogP contribution < -0.4 is 11.3 Å². The minimum atomic E-state index is 0.535. The van der Waals surface area contributed by atoms with E-state index >= 15 is 0 Å². The molecule has 4 unspecified atom stereocenters. The summed E-state index contributed by atoms with van der Waals surface area (Å²) in [6.45, 7) is 1.86. The van der Waals surface area contributed by atoms with Gasteiger partial charge in [-0.1, -0.05) is 6.42 Å². The van der Waals surface area contributed by atoms with Crippen molar-refractivity contribution < 1.29 is 4.74 Å². The van der Waals surface area contributed by atoms with Crippen molar-refractivity contribution in [2.24, 2.45) is 29.5 Å². The lowest BCUT2D eigenvalue weighted by atomic mass is 9.91. The minimum absolute atomic E-state index is 0.535. The minimum Gasteiger partial charge on any atom is -0.381 e. The Kier molecular flexibility index (Phi) is 2.26. The predicted molar refractivity (Wildman–Crippen MR) is 54.4 cm³/mol. The Labute approximate surface area is 85.3 Å². The second kappa shape index (κ2) is 3.47. The second-order valence-electron chi connectivity index (χ2n) is 5.15. The molecule has 1 saturated heterocycles. The van der Waals surface area contributed by atoms with Gasteiger partial charge in [0.05, 0.1) is 6.61 Å². The van der Waals surface area contributed by atoms with Crippen LogP contribution in [0.15, 0.2) is 0 Å². The molecule has 2 aliphatic carbocycles. The standard InChI is InChI=1S/C11H20N2O/c12-13-11(7-4-5-14-6-7)10-8-2-1-3-9(8)10/h7-11,13H,1-6,12H2. The lowest BCUT2D eigenvalue weighted by molar-refractivity contribution is 0.170. The first-order valence-electron chi connectivity index (χ1n) is 5.95. The van der Waals surface area contributed by atoms with Crippen LogP contribution in [0.3, 0.4) is 0 Å². The Morgan fingerprint density at radius 2 is 2.00 bits per heavy atom. The molecule has 0 aromatic heterocycles. The molecule has 3 nitrogen and oxygen atoms in total. The summed E-state index contributed by atoms with van der Waals surface area (Å²) in [6.07, 6.45) is 5.54. The molecule has 3 rings (SSSR count). The molecule has 0 amide bonds. The molecule has 4 atom stereocenters. The van der Waals surface area contributed by atoms with Crippen molar-refractivity contribution in [2.75, 3.05) is 13.2 Å². The lowest BCUT2D eigenvalue weighted by Gasteiger charge is -2.23. The highest BCUT2D eigenvalue weighted by atomic mass is 16.5. The van der Waals surface area contributed by atoms with Gasteiger partial charge in [0, 0.05) is 18.6 Å². The largest absolute Gasteiger partial charge is 0.381 e. The molecule has 3 aliphatic rings. The molecule has 0 aromatic carbocycles. The average Bonchev–Trinajstić information content (AvgIpc) is 2.67. The summed E-state index contributed by atoms with van der Waals surface area (Å²) in [5.74, 6) is 9.24. The highest BCUT2D eigenvalue weighted by molar-refractivity contribution is 5.07. The van der Waals surface area contributed by atoms with E-state index in [0.717, 1.165) is 31.0 Å². The van der Waals surface area contributed by atoms with E-state index in [1.807, 2.05) is 0 Å². The van der Waals surface area contributed by atoms with Gasteiger partial charge in [-0.2, -0.15) is 0 Å². The highest BCUT2D eigenvalue weighted by Crippen LogP contribution is 2.60. The number of nitrogens with two attached hydrogens (primary N) is 1. The molecule has 3 heteroatoms. The molecule has 80 valence electrons. The van der Waals surface area contributed by atoms with Gasteiger partial charge in [-0.3, -0.25) is 11.3 Å². The van der Waals surface area contributed by atoms with Crippen LogP contribution in [0.1, 0.15) is 25.7 Å². The lowest BCUT2D eigenvalue weighted by Crippen LogP contribution is -2.43. The van der Waals surface area contributed by atoms with E-state index in [1.165, 1.54) is 25.7 Å². The summed E-state index contributed by atoms with van der Waals surface area (Å²) >= 11 is 0. The zero-order chi connectivity index (χ0) is 9.54. The third kappa shape index (κ3) is 1.30. The zero-order valence-electron chi connectivity index (χ0n) is 8.61. The van der Waals surface area contributed by atoms with Crippen molar-refractivity contribution in [3.05, 3.63) is 0 Å². The molecular weight excluding hydrogens is 176 g/mol. The van der Waals surface area contributed by atoms with E-state index in [9.17, 15) is 0 Å². The quantitative estimate of drug-likeness (QED) is 0.521. The van der Waals surface area contributed by atoms with Gasteiger partial charge >= 0.3 is 0 Å². The van der Waals surface area contributed by atoms with Crippen LogP contribution in [0.4, 0.5) is 0 Å². The first kappa shape index (κ1) is 9.13.